The van der Waals surface area contributed by atoms with Crippen LogP contribution in [0.4, 0.5) is 17.3 Å². The fourth-order valence-corrected chi connectivity index (χ4v) is 3.68. The quantitative estimate of drug-likeness (QED) is 0.234. The van der Waals surface area contributed by atoms with Gasteiger partial charge in [-0.3, -0.25) is 9.69 Å². The van der Waals surface area contributed by atoms with E-state index in [-0.39, 0.29) is 5.82 Å². The van der Waals surface area contributed by atoms with E-state index in [1.165, 1.54) is 22.6 Å². The number of nitrogens with one attached hydrogen (secondary N) is 2. The lowest BCUT2D eigenvalue weighted by Gasteiger charge is -2.27. The van der Waals surface area contributed by atoms with E-state index >= 15 is 0 Å². The van der Waals surface area contributed by atoms with Crippen LogP contribution >= 0.6 is 11.3 Å². The second kappa shape index (κ2) is 6.95. The van der Waals surface area contributed by atoms with Gasteiger partial charge in [0.15, 0.2) is 11.6 Å². The van der Waals surface area contributed by atoms with E-state index in [9.17, 15) is 0 Å². The van der Waals surface area contributed by atoms with E-state index in [2.05, 4.69) is 20.4 Å². The van der Waals surface area contributed by atoms with Gasteiger partial charge in [-0.15, -0.1) is 11.3 Å². The van der Waals surface area contributed by atoms with Crippen LogP contribution in [0.15, 0.2) is 24.7 Å². The number of rotatable bonds is 6. The molecular weight excluding hydrogens is 364 g/mol. The highest BCUT2D eigenvalue weighted by molar-refractivity contribution is 7.14. The van der Waals surface area contributed by atoms with Gasteiger partial charge in [0.1, 0.15) is 0 Å². The molecule has 0 aliphatic carbocycles. The lowest BCUT2D eigenvalue weighted by atomic mass is 10.2. The number of anilines is 3. The molecule has 1 saturated heterocycles. The molecule has 1 aliphatic rings. The number of thiophene rings is 1. The number of nitrogen functional groups attached to an aromatic ring is 2. The third-order valence-corrected chi connectivity index (χ3v) is 5.47. The molecule has 1 fully saturated rings. The fourth-order valence-electron chi connectivity index (χ4n) is 2.78. The first-order valence-corrected chi connectivity index (χ1v) is 9.15. The molecule has 0 radical (unpaired) electrons. The number of hydrogen-bond acceptors (Lipinski definition) is 10. The normalized spacial score (nSPS) is 14.1. The molecular formula is C16H20N10S. The largest absolute Gasteiger partial charge is 0.398 e. The van der Waals surface area contributed by atoms with Gasteiger partial charge in [-0.25, -0.2) is 15.8 Å². The summed E-state index contributed by atoms with van der Waals surface area (Å²) in [6.45, 7) is 2.19. The fraction of sp³-hybridized carbons (Fsp3) is 0.250. The van der Waals surface area contributed by atoms with Gasteiger partial charge in [-0.2, -0.15) is 5.10 Å². The molecule has 8 N–H and O–H groups in total. The highest BCUT2D eigenvalue weighted by atomic mass is 32.1. The zero-order chi connectivity index (χ0) is 19.0. The van der Waals surface area contributed by atoms with Crippen molar-refractivity contribution < 1.29 is 0 Å². The summed E-state index contributed by atoms with van der Waals surface area (Å²) in [6, 6.07) is 2.17. The number of nitrogens with zero attached hydrogens (tertiary/aromatic N) is 5. The third-order valence-electron chi connectivity index (χ3n) is 4.38. The second-order valence-electron chi connectivity index (χ2n) is 6.29. The maximum atomic E-state index is 7.36. The van der Waals surface area contributed by atoms with Gasteiger partial charge in [0, 0.05) is 35.9 Å². The first kappa shape index (κ1) is 17.4. The zero-order valence-corrected chi connectivity index (χ0v) is 15.3. The first-order valence-electron chi connectivity index (χ1n) is 8.34. The summed E-state index contributed by atoms with van der Waals surface area (Å²) in [4.78, 5) is 10.4. The summed E-state index contributed by atoms with van der Waals surface area (Å²) in [6.07, 6.45) is 6.56. The Morgan fingerprint density at radius 1 is 1.37 bits per heavy atom. The van der Waals surface area contributed by atoms with Crippen molar-refractivity contribution in [3.05, 3.63) is 34.4 Å². The highest BCUT2D eigenvalue weighted by Crippen LogP contribution is 2.27. The van der Waals surface area contributed by atoms with Crippen LogP contribution in [-0.2, 0) is 6.54 Å². The Balaban J connectivity index is 1.57. The van der Waals surface area contributed by atoms with Crippen molar-refractivity contribution in [2.45, 2.75) is 12.6 Å². The molecule has 0 unspecified atom stereocenters. The van der Waals surface area contributed by atoms with Crippen molar-refractivity contribution in [1.29, 1.82) is 5.41 Å². The molecule has 0 amide bonds. The molecule has 0 atom stereocenters. The van der Waals surface area contributed by atoms with E-state index in [4.69, 9.17) is 22.7 Å². The van der Waals surface area contributed by atoms with Gasteiger partial charge in [0.2, 0.25) is 0 Å². The average Bonchev–Trinajstić information content (AvgIpc) is 3.20. The highest BCUT2D eigenvalue weighted by Gasteiger charge is 2.20. The molecule has 0 aromatic carbocycles. The number of aromatic nitrogens is 4. The monoisotopic (exact) mass is 384 g/mol. The Morgan fingerprint density at radius 2 is 2.19 bits per heavy atom. The van der Waals surface area contributed by atoms with Crippen molar-refractivity contribution in [3.8, 4) is 11.3 Å². The maximum Gasteiger partial charge on any atom is 0.186 e. The molecule has 3 aromatic heterocycles. The third kappa shape index (κ3) is 3.35. The van der Waals surface area contributed by atoms with Crippen LogP contribution in [0.3, 0.4) is 0 Å². The predicted molar refractivity (Wildman–Crippen MR) is 107 cm³/mol. The maximum absolute atomic E-state index is 7.36. The summed E-state index contributed by atoms with van der Waals surface area (Å²) < 4.78 is 1.93. The minimum absolute atomic E-state index is 0.244. The van der Waals surface area contributed by atoms with E-state index in [0.717, 1.165) is 23.5 Å². The van der Waals surface area contributed by atoms with E-state index in [1.807, 2.05) is 10.9 Å². The summed E-state index contributed by atoms with van der Waals surface area (Å²) in [5.74, 6) is 6.82. The minimum atomic E-state index is 0.244. The Bertz CT molecular complexity index is 973. The summed E-state index contributed by atoms with van der Waals surface area (Å²) in [7, 11) is 0. The first-order chi connectivity index (χ1) is 13.0. The standard InChI is InChI=1S/C16H20N10S/c17-2-14-12(18)1-11(27-14)8-25(20)16-15(19)22-6-13(24-16)9-3-23-26(7-9)10-4-21-5-10/h1-3,6-7,10,17,21H,4-5,8,18,20H2,(H2,19,22). The average molecular weight is 384 g/mol. The minimum Gasteiger partial charge on any atom is -0.398 e. The van der Waals surface area contributed by atoms with Gasteiger partial charge in [-0.05, 0) is 6.07 Å². The molecule has 3 aromatic rings. The van der Waals surface area contributed by atoms with E-state index in [0.29, 0.717) is 34.7 Å². The SMILES string of the molecule is N=Cc1sc(CN(N)c2nc(-c3cnn(C4CNC4)c3)cnc2N)cc1N. The predicted octanol–water partition coefficient (Wildman–Crippen LogP) is 0.588. The Kier molecular flexibility index (Phi) is 4.48. The van der Waals surface area contributed by atoms with Crippen LogP contribution in [0.2, 0.25) is 0 Å². The zero-order valence-electron chi connectivity index (χ0n) is 14.5. The molecule has 140 valence electrons. The van der Waals surface area contributed by atoms with Gasteiger partial charge in [0.05, 0.1) is 41.2 Å². The van der Waals surface area contributed by atoms with Gasteiger partial charge in [0.25, 0.3) is 0 Å². The van der Waals surface area contributed by atoms with Crippen molar-refractivity contribution in [2.24, 2.45) is 5.84 Å². The van der Waals surface area contributed by atoms with Crippen LogP contribution in [-0.4, -0.2) is 39.1 Å². The van der Waals surface area contributed by atoms with Crippen molar-refractivity contribution in [3.63, 3.8) is 0 Å². The molecule has 0 spiro atoms. The van der Waals surface area contributed by atoms with Crippen LogP contribution < -0.4 is 27.6 Å². The molecule has 1 aliphatic heterocycles. The van der Waals surface area contributed by atoms with Crippen molar-refractivity contribution in [1.82, 2.24) is 25.1 Å². The van der Waals surface area contributed by atoms with Gasteiger partial charge >= 0.3 is 0 Å². The van der Waals surface area contributed by atoms with Crippen LogP contribution in [0.5, 0.6) is 0 Å². The molecule has 11 heteroatoms. The van der Waals surface area contributed by atoms with Gasteiger partial charge < -0.3 is 22.2 Å². The molecule has 0 saturated carbocycles. The van der Waals surface area contributed by atoms with Crippen LogP contribution in [0.1, 0.15) is 15.8 Å². The van der Waals surface area contributed by atoms with Crippen LogP contribution in [0, 0.1) is 5.41 Å². The van der Waals surface area contributed by atoms with Crippen LogP contribution in [0.25, 0.3) is 11.3 Å². The second-order valence-corrected chi connectivity index (χ2v) is 7.46. The summed E-state index contributed by atoms with van der Waals surface area (Å²) in [5, 5.41) is 16.4. The smallest absolute Gasteiger partial charge is 0.186 e. The number of nitrogens with two attached hydrogens (primary N) is 3. The molecule has 27 heavy (non-hydrogen) atoms. The lowest BCUT2D eigenvalue weighted by Crippen LogP contribution is -2.43. The molecule has 0 bridgehead atoms. The lowest BCUT2D eigenvalue weighted by molar-refractivity contribution is 0.318. The van der Waals surface area contributed by atoms with Gasteiger partial charge in [-0.1, -0.05) is 0 Å². The molecule has 10 nitrogen and oxygen atoms in total. The van der Waals surface area contributed by atoms with Crippen molar-refractivity contribution in [2.75, 3.05) is 29.6 Å². The Morgan fingerprint density at radius 3 is 2.85 bits per heavy atom. The summed E-state index contributed by atoms with van der Waals surface area (Å²) >= 11 is 1.41. The van der Waals surface area contributed by atoms with Crippen molar-refractivity contribution >= 4 is 34.9 Å². The Labute approximate surface area is 159 Å². The topological polar surface area (TPSA) is 161 Å². The Hall–Kier alpha value is -3.02. The van der Waals surface area contributed by atoms with E-state index in [1.54, 1.807) is 18.5 Å². The van der Waals surface area contributed by atoms with E-state index < -0.39 is 0 Å². The molecule has 4 rings (SSSR count). The number of hydrogen-bond donors (Lipinski definition) is 5. The molecule has 4 heterocycles. The summed E-state index contributed by atoms with van der Waals surface area (Å²) in [5.41, 5.74) is 13.9. The number of hydrazine groups is 1.